The maximum atomic E-state index is 14.5. The van der Waals surface area contributed by atoms with Gasteiger partial charge in [-0.1, -0.05) is 97.7 Å². The van der Waals surface area contributed by atoms with Crippen molar-refractivity contribution in [2.45, 2.75) is 44.7 Å². The molecule has 10 heteroatoms. The Morgan fingerprint density at radius 2 is 1.42 bits per heavy atom. The van der Waals surface area contributed by atoms with Crippen LogP contribution in [-0.4, -0.2) is 44.3 Å². The summed E-state index contributed by atoms with van der Waals surface area (Å²) in [4.78, 5) is 29.9. The van der Waals surface area contributed by atoms with Gasteiger partial charge in [-0.3, -0.25) is 13.9 Å². The zero-order valence-electron chi connectivity index (χ0n) is 25.5. The number of hydrogen-bond acceptors (Lipinski definition) is 4. The van der Waals surface area contributed by atoms with E-state index < -0.39 is 28.5 Å². The van der Waals surface area contributed by atoms with Crippen LogP contribution in [0.3, 0.4) is 0 Å². The van der Waals surface area contributed by atoms with Gasteiger partial charge in [-0.05, 0) is 72.0 Å². The second kappa shape index (κ2) is 15.4. The van der Waals surface area contributed by atoms with E-state index in [2.05, 4.69) is 5.32 Å². The number of carbonyl (C=O) groups excluding carboxylic acids is 2. The van der Waals surface area contributed by atoms with Gasteiger partial charge in [-0.2, -0.15) is 0 Å². The molecule has 0 spiro atoms. The predicted molar refractivity (Wildman–Crippen MR) is 181 cm³/mol. The summed E-state index contributed by atoms with van der Waals surface area (Å²) in [5, 5.41) is 3.90. The number of amides is 2. The van der Waals surface area contributed by atoms with E-state index in [-0.39, 0.29) is 29.7 Å². The SMILES string of the molecule is Cc1cc(Cl)ccc1N(CC(=O)N(Cc1cccc(Cl)c1)C(Cc1ccccc1)C(=O)NCC(C)C)S(=O)(=O)c1ccccc1. The van der Waals surface area contributed by atoms with Crippen LogP contribution in [0, 0.1) is 12.8 Å². The molecule has 1 N–H and O–H groups in total. The van der Waals surface area contributed by atoms with E-state index in [0.29, 0.717) is 33.4 Å². The summed E-state index contributed by atoms with van der Waals surface area (Å²) in [6.07, 6.45) is 0.225. The molecule has 0 saturated heterocycles. The number of halogens is 2. The minimum atomic E-state index is -4.20. The largest absolute Gasteiger partial charge is 0.354 e. The van der Waals surface area contributed by atoms with Gasteiger partial charge < -0.3 is 10.2 Å². The third kappa shape index (κ3) is 9.10. The molecule has 0 fully saturated rings. The molecule has 7 nitrogen and oxygen atoms in total. The van der Waals surface area contributed by atoms with E-state index in [0.717, 1.165) is 9.87 Å². The van der Waals surface area contributed by atoms with Crippen LogP contribution in [0.15, 0.2) is 108 Å². The summed E-state index contributed by atoms with van der Waals surface area (Å²) in [5.41, 5.74) is 2.44. The van der Waals surface area contributed by atoms with Gasteiger partial charge in [-0.25, -0.2) is 8.42 Å². The Hall–Kier alpha value is -3.85. The molecule has 45 heavy (non-hydrogen) atoms. The van der Waals surface area contributed by atoms with Crippen molar-refractivity contribution in [2.24, 2.45) is 5.92 Å². The predicted octanol–water partition coefficient (Wildman–Crippen LogP) is 6.91. The molecule has 0 heterocycles. The van der Waals surface area contributed by atoms with Gasteiger partial charge >= 0.3 is 0 Å². The molecule has 0 saturated carbocycles. The lowest BCUT2D eigenvalue weighted by Gasteiger charge is -2.34. The Labute approximate surface area is 275 Å². The third-order valence-electron chi connectivity index (χ3n) is 7.24. The normalized spacial score (nSPS) is 12.0. The van der Waals surface area contributed by atoms with Crippen LogP contribution in [0.1, 0.15) is 30.5 Å². The average molecular weight is 667 g/mol. The lowest BCUT2D eigenvalue weighted by Crippen LogP contribution is -2.53. The minimum absolute atomic E-state index is 0.0315. The van der Waals surface area contributed by atoms with Crippen LogP contribution in [0.25, 0.3) is 0 Å². The molecule has 0 aliphatic rings. The molecule has 236 valence electrons. The summed E-state index contributed by atoms with van der Waals surface area (Å²) in [7, 11) is -4.20. The smallest absolute Gasteiger partial charge is 0.264 e. The van der Waals surface area contributed by atoms with Gasteiger partial charge in [0, 0.05) is 29.6 Å². The number of rotatable bonds is 13. The van der Waals surface area contributed by atoms with Gasteiger partial charge in [0.25, 0.3) is 10.0 Å². The van der Waals surface area contributed by atoms with Crippen LogP contribution in [0.4, 0.5) is 5.69 Å². The van der Waals surface area contributed by atoms with E-state index in [1.54, 1.807) is 61.5 Å². The number of nitrogens with zero attached hydrogens (tertiary/aromatic N) is 2. The first-order valence-electron chi connectivity index (χ1n) is 14.6. The number of aryl methyl sites for hydroxylation is 1. The van der Waals surface area contributed by atoms with Crippen molar-refractivity contribution in [3.63, 3.8) is 0 Å². The highest BCUT2D eigenvalue weighted by Gasteiger charge is 2.35. The number of carbonyl (C=O) groups is 2. The van der Waals surface area contributed by atoms with Crippen molar-refractivity contribution in [1.29, 1.82) is 0 Å². The molecule has 1 atom stereocenters. The van der Waals surface area contributed by atoms with Crippen molar-refractivity contribution < 1.29 is 18.0 Å². The third-order valence-corrected chi connectivity index (χ3v) is 9.48. The number of anilines is 1. The molecule has 1 unspecified atom stereocenters. The summed E-state index contributed by atoms with van der Waals surface area (Å²) in [6, 6.07) is 28.3. The summed E-state index contributed by atoms with van der Waals surface area (Å²) >= 11 is 12.5. The fourth-order valence-electron chi connectivity index (χ4n) is 4.94. The quantitative estimate of drug-likeness (QED) is 0.168. The Morgan fingerprint density at radius 1 is 0.800 bits per heavy atom. The highest BCUT2D eigenvalue weighted by Crippen LogP contribution is 2.29. The Morgan fingerprint density at radius 3 is 2.04 bits per heavy atom. The second-order valence-corrected chi connectivity index (χ2v) is 14.0. The van der Waals surface area contributed by atoms with Gasteiger partial charge in [0.05, 0.1) is 10.6 Å². The first-order valence-corrected chi connectivity index (χ1v) is 16.8. The van der Waals surface area contributed by atoms with Crippen LogP contribution < -0.4 is 9.62 Å². The van der Waals surface area contributed by atoms with Crippen molar-refractivity contribution in [3.8, 4) is 0 Å². The van der Waals surface area contributed by atoms with Gasteiger partial charge in [-0.15, -0.1) is 0 Å². The van der Waals surface area contributed by atoms with E-state index in [1.165, 1.54) is 17.0 Å². The monoisotopic (exact) mass is 665 g/mol. The maximum Gasteiger partial charge on any atom is 0.264 e. The van der Waals surface area contributed by atoms with Crippen molar-refractivity contribution in [3.05, 3.63) is 130 Å². The highest BCUT2D eigenvalue weighted by atomic mass is 35.5. The minimum Gasteiger partial charge on any atom is -0.354 e. The molecule has 2 amide bonds. The zero-order valence-corrected chi connectivity index (χ0v) is 27.8. The number of sulfonamides is 1. The number of hydrogen-bond donors (Lipinski definition) is 1. The van der Waals surface area contributed by atoms with E-state index >= 15 is 0 Å². The molecule has 4 aromatic carbocycles. The average Bonchev–Trinajstić information content (AvgIpc) is 3.01. The summed E-state index contributed by atoms with van der Waals surface area (Å²) < 4.78 is 29.3. The van der Waals surface area contributed by atoms with Crippen LogP contribution >= 0.6 is 23.2 Å². The van der Waals surface area contributed by atoms with Crippen LogP contribution in [-0.2, 0) is 32.6 Å². The molecule has 0 radical (unpaired) electrons. The van der Waals surface area contributed by atoms with Crippen molar-refractivity contribution in [1.82, 2.24) is 10.2 Å². The van der Waals surface area contributed by atoms with Crippen LogP contribution in [0.5, 0.6) is 0 Å². The standard InChI is InChI=1S/C35H37Cl2N3O4S/c1-25(2)22-38-35(42)33(21-27-11-6-4-7-12-27)39(23-28-13-10-14-29(36)20-28)34(41)24-40(32-18-17-30(37)19-26(32)3)45(43,44)31-15-8-5-9-16-31/h4-20,25,33H,21-24H2,1-3H3,(H,38,42). The van der Waals surface area contributed by atoms with Crippen molar-refractivity contribution >= 4 is 50.7 Å². The molecule has 0 aliphatic heterocycles. The molecule has 0 aliphatic carbocycles. The maximum absolute atomic E-state index is 14.5. The Bertz CT molecular complexity index is 1720. The second-order valence-electron chi connectivity index (χ2n) is 11.3. The summed E-state index contributed by atoms with van der Waals surface area (Å²) in [5.74, 6) is -0.699. The van der Waals surface area contributed by atoms with Gasteiger partial charge in [0.2, 0.25) is 11.8 Å². The van der Waals surface area contributed by atoms with Crippen molar-refractivity contribution in [2.75, 3.05) is 17.4 Å². The molecule has 0 aromatic heterocycles. The van der Waals surface area contributed by atoms with E-state index in [4.69, 9.17) is 23.2 Å². The number of nitrogens with one attached hydrogen (secondary N) is 1. The fraction of sp³-hybridized carbons (Fsp3) is 0.257. The molecular formula is C35H37Cl2N3O4S. The van der Waals surface area contributed by atoms with Crippen LogP contribution in [0.2, 0.25) is 10.0 Å². The van der Waals surface area contributed by atoms with E-state index in [1.807, 2.05) is 50.2 Å². The molecule has 4 aromatic rings. The topological polar surface area (TPSA) is 86.8 Å². The summed E-state index contributed by atoms with van der Waals surface area (Å²) in [6.45, 7) is 5.61. The lowest BCUT2D eigenvalue weighted by atomic mass is 10.0. The van der Waals surface area contributed by atoms with Gasteiger partial charge in [0.1, 0.15) is 12.6 Å². The van der Waals surface area contributed by atoms with Gasteiger partial charge in [0.15, 0.2) is 0 Å². The zero-order chi connectivity index (χ0) is 32.6. The Balaban J connectivity index is 1.82. The lowest BCUT2D eigenvalue weighted by molar-refractivity contribution is -0.140. The molecular weight excluding hydrogens is 629 g/mol. The molecule has 4 rings (SSSR count). The first kappa shape index (κ1) is 34.0. The Kier molecular flexibility index (Phi) is 11.7. The highest BCUT2D eigenvalue weighted by molar-refractivity contribution is 7.92. The molecule has 0 bridgehead atoms. The van der Waals surface area contributed by atoms with E-state index in [9.17, 15) is 18.0 Å². The first-order chi connectivity index (χ1) is 21.5. The fourth-order valence-corrected chi connectivity index (χ4v) is 6.88. The number of benzene rings is 4.